The maximum Gasteiger partial charge on any atom is 0.248 e. The standard InChI is InChI=1S/C18H23N3O2S/c1-2-23-11-17(22)20-6-4-18(5-7-20)9-16-19-10-15(21(16)13-18)14-3-8-24-12-14/h3,8,10,12H,2,4-7,9,11,13H2,1H3. The van der Waals surface area contributed by atoms with Crippen molar-refractivity contribution in [3.8, 4) is 11.3 Å². The van der Waals surface area contributed by atoms with Crippen LogP contribution in [0.25, 0.3) is 11.3 Å². The van der Waals surface area contributed by atoms with Crippen molar-refractivity contribution in [3.63, 3.8) is 0 Å². The fourth-order valence-electron chi connectivity index (χ4n) is 3.94. The summed E-state index contributed by atoms with van der Waals surface area (Å²) in [6, 6.07) is 2.16. The third kappa shape index (κ3) is 2.78. The van der Waals surface area contributed by atoms with Crippen molar-refractivity contribution in [2.75, 3.05) is 26.3 Å². The van der Waals surface area contributed by atoms with Crippen molar-refractivity contribution >= 4 is 17.2 Å². The summed E-state index contributed by atoms with van der Waals surface area (Å²) in [5, 5.41) is 4.30. The molecule has 1 saturated heterocycles. The molecule has 2 aliphatic heterocycles. The Morgan fingerprint density at radius 3 is 2.96 bits per heavy atom. The molecule has 2 aromatic rings. The quantitative estimate of drug-likeness (QED) is 0.856. The van der Waals surface area contributed by atoms with Crippen molar-refractivity contribution in [2.24, 2.45) is 5.41 Å². The van der Waals surface area contributed by atoms with Crippen LogP contribution in [-0.2, 0) is 22.5 Å². The van der Waals surface area contributed by atoms with Gasteiger partial charge in [-0.25, -0.2) is 4.98 Å². The molecule has 1 amide bonds. The number of hydrogen-bond donors (Lipinski definition) is 0. The Morgan fingerprint density at radius 1 is 1.42 bits per heavy atom. The van der Waals surface area contributed by atoms with E-state index in [1.807, 2.05) is 18.0 Å². The minimum absolute atomic E-state index is 0.126. The van der Waals surface area contributed by atoms with Gasteiger partial charge in [-0.1, -0.05) is 0 Å². The van der Waals surface area contributed by atoms with Crippen LogP contribution >= 0.6 is 11.3 Å². The molecular formula is C18H23N3O2S. The number of nitrogens with zero attached hydrogens (tertiary/aromatic N) is 3. The third-order valence-electron chi connectivity index (χ3n) is 5.39. The maximum absolute atomic E-state index is 12.1. The first-order valence-electron chi connectivity index (χ1n) is 8.63. The normalized spacial score (nSPS) is 19.0. The number of aromatic nitrogens is 2. The summed E-state index contributed by atoms with van der Waals surface area (Å²) in [5.41, 5.74) is 2.77. The van der Waals surface area contributed by atoms with Gasteiger partial charge in [0.2, 0.25) is 5.91 Å². The molecular weight excluding hydrogens is 322 g/mol. The van der Waals surface area contributed by atoms with Gasteiger partial charge in [-0.05, 0) is 36.6 Å². The molecule has 0 bridgehead atoms. The maximum atomic E-state index is 12.1. The fraction of sp³-hybridized carbons (Fsp3) is 0.556. The molecule has 4 heterocycles. The number of carbonyl (C=O) groups excluding carboxylic acids is 1. The van der Waals surface area contributed by atoms with Crippen LogP contribution in [0.15, 0.2) is 23.0 Å². The minimum Gasteiger partial charge on any atom is -0.372 e. The number of fused-ring (bicyclic) bond motifs is 1. The van der Waals surface area contributed by atoms with Crippen LogP contribution < -0.4 is 0 Å². The Hall–Kier alpha value is -1.66. The average molecular weight is 345 g/mol. The van der Waals surface area contributed by atoms with E-state index in [1.165, 1.54) is 17.1 Å². The van der Waals surface area contributed by atoms with Crippen LogP contribution in [-0.4, -0.2) is 46.7 Å². The van der Waals surface area contributed by atoms with E-state index < -0.39 is 0 Å². The molecule has 0 radical (unpaired) electrons. The zero-order chi connectivity index (χ0) is 16.6. The average Bonchev–Trinajstić information content (AvgIpc) is 3.29. The summed E-state index contributed by atoms with van der Waals surface area (Å²) in [4.78, 5) is 18.7. The second kappa shape index (κ2) is 6.33. The SMILES string of the molecule is CCOCC(=O)N1CCC2(CC1)Cc1ncc(-c3ccsc3)n1C2. The molecule has 0 atom stereocenters. The van der Waals surface area contributed by atoms with Crippen LogP contribution in [0, 0.1) is 5.41 Å². The lowest BCUT2D eigenvalue weighted by molar-refractivity contribution is -0.138. The number of piperidine rings is 1. The molecule has 5 nitrogen and oxygen atoms in total. The molecule has 128 valence electrons. The molecule has 1 fully saturated rings. The highest BCUT2D eigenvalue weighted by Crippen LogP contribution is 2.43. The van der Waals surface area contributed by atoms with Gasteiger partial charge in [-0.2, -0.15) is 11.3 Å². The zero-order valence-electron chi connectivity index (χ0n) is 14.0. The number of thiophene rings is 1. The summed E-state index contributed by atoms with van der Waals surface area (Å²) < 4.78 is 7.65. The van der Waals surface area contributed by atoms with E-state index in [9.17, 15) is 4.79 Å². The minimum atomic E-state index is 0.126. The van der Waals surface area contributed by atoms with Gasteiger partial charge in [-0.3, -0.25) is 4.79 Å². The molecule has 0 aliphatic carbocycles. The number of hydrogen-bond acceptors (Lipinski definition) is 4. The Balaban J connectivity index is 1.43. The van der Waals surface area contributed by atoms with Crippen molar-refractivity contribution in [2.45, 2.75) is 32.7 Å². The van der Waals surface area contributed by atoms with Gasteiger partial charge in [0.05, 0.1) is 11.9 Å². The van der Waals surface area contributed by atoms with Crippen molar-refractivity contribution in [1.82, 2.24) is 14.5 Å². The van der Waals surface area contributed by atoms with E-state index in [-0.39, 0.29) is 17.9 Å². The van der Waals surface area contributed by atoms with E-state index in [4.69, 9.17) is 4.74 Å². The lowest BCUT2D eigenvalue weighted by Gasteiger charge is -2.39. The van der Waals surface area contributed by atoms with Crippen LogP contribution in [0.1, 0.15) is 25.6 Å². The molecule has 2 aliphatic rings. The fourth-order valence-corrected chi connectivity index (χ4v) is 4.59. The summed E-state index contributed by atoms with van der Waals surface area (Å²) in [7, 11) is 0. The molecule has 0 N–H and O–H groups in total. The van der Waals surface area contributed by atoms with Crippen LogP contribution in [0.4, 0.5) is 0 Å². The van der Waals surface area contributed by atoms with Crippen LogP contribution in [0.3, 0.4) is 0 Å². The van der Waals surface area contributed by atoms with Gasteiger partial charge in [-0.15, -0.1) is 0 Å². The molecule has 0 aromatic carbocycles. The monoisotopic (exact) mass is 345 g/mol. The molecule has 4 rings (SSSR count). The number of ether oxygens (including phenoxy) is 1. The van der Waals surface area contributed by atoms with E-state index in [0.29, 0.717) is 6.61 Å². The topological polar surface area (TPSA) is 47.4 Å². The largest absolute Gasteiger partial charge is 0.372 e. The Labute approximate surface area is 146 Å². The van der Waals surface area contributed by atoms with Gasteiger partial charge in [0.1, 0.15) is 12.4 Å². The first-order chi connectivity index (χ1) is 11.7. The molecule has 0 unspecified atom stereocenters. The van der Waals surface area contributed by atoms with Crippen molar-refractivity contribution in [1.29, 1.82) is 0 Å². The Kier molecular flexibility index (Phi) is 4.18. The predicted octanol–water partition coefficient (Wildman–Crippen LogP) is 2.81. The molecule has 0 saturated carbocycles. The number of rotatable bonds is 4. The second-order valence-corrected chi connectivity index (χ2v) is 7.63. The Bertz CT molecular complexity index is 715. The number of likely N-dealkylation sites (tertiary alicyclic amines) is 1. The lowest BCUT2D eigenvalue weighted by Crippen LogP contribution is -2.45. The molecule has 2 aromatic heterocycles. The third-order valence-corrected chi connectivity index (χ3v) is 6.07. The summed E-state index contributed by atoms with van der Waals surface area (Å²) in [6.07, 6.45) is 5.14. The van der Waals surface area contributed by atoms with Gasteiger partial charge >= 0.3 is 0 Å². The Morgan fingerprint density at radius 2 is 2.25 bits per heavy atom. The smallest absolute Gasteiger partial charge is 0.248 e. The van der Waals surface area contributed by atoms with E-state index in [0.717, 1.165) is 38.9 Å². The molecule has 1 spiro atoms. The summed E-state index contributed by atoms with van der Waals surface area (Å²) in [6.45, 7) is 5.43. The highest BCUT2D eigenvalue weighted by molar-refractivity contribution is 7.08. The summed E-state index contributed by atoms with van der Waals surface area (Å²) >= 11 is 1.72. The van der Waals surface area contributed by atoms with E-state index in [1.54, 1.807) is 11.3 Å². The van der Waals surface area contributed by atoms with Crippen molar-refractivity contribution < 1.29 is 9.53 Å². The molecule has 24 heavy (non-hydrogen) atoms. The first kappa shape index (κ1) is 15.8. The summed E-state index contributed by atoms with van der Waals surface area (Å²) in [5.74, 6) is 1.33. The van der Waals surface area contributed by atoms with E-state index >= 15 is 0 Å². The second-order valence-electron chi connectivity index (χ2n) is 6.85. The van der Waals surface area contributed by atoms with Crippen LogP contribution in [0.5, 0.6) is 0 Å². The highest BCUT2D eigenvalue weighted by Gasteiger charge is 2.42. The highest BCUT2D eigenvalue weighted by atomic mass is 32.1. The number of carbonyl (C=O) groups is 1. The zero-order valence-corrected chi connectivity index (χ0v) is 14.8. The van der Waals surface area contributed by atoms with E-state index in [2.05, 4.69) is 26.4 Å². The number of imidazole rings is 1. The van der Waals surface area contributed by atoms with Gasteiger partial charge in [0.25, 0.3) is 0 Å². The number of amides is 1. The van der Waals surface area contributed by atoms with Crippen LogP contribution in [0.2, 0.25) is 0 Å². The predicted molar refractivity (Wildman–Crippen MR) is 94.0 cm³/mol. The van der Waals surface area contributed by atoms with Gasteiger partial charge in [0.15, 0.2) is 0 Å². The molecule has 6 heteroatoms. The van der Waals surface area contributed by atoms with Gasteiger partial charge in [0, 0.05) is 43.6 Å². The van der Waals surface area contributed by atoms with Crippen molar-refractivity contribution in [3.05, 3.63) is 28.8 Å². The van der Waals surface area contributed by atoms with Gasteiger partial charge < -0.3 is 14.2 Å². The first-order valence-corrected chi connectivity index (χ1v) is 9.57. The lowest BCUT2D eigenvalue weighted by atomic mass is 9.77.